The summed E-state index contributed by atoms with van der Waals surface area (Å²) in [5.74, 6) is 7.99. The fraction of sp³-hybridized carbons (Fsp3) is 0.282. The van der Waals surface area contributed by atoms with Gasteiger partial charge < -0.3 is 9.40 Å². The Bertz CT molecular complexity index is 1870. The van der Waals surface area contributed by atoms with Gasteiger partial charge in [0.25, 0.3) is 0 Å². The minimum atomic E-state index is -1.86. The summed E-state index contributed by atoms with van der Waals surface area (Å²) >= 11 is -1.86. The molecule has 3 aromatic carbocycles. The molecule has 0 fully saturated rings. The molecular formula is C39H40GeIrN2O-2. The van der Waals surface area contributed by atoms with Crippen LogP contribution in [0.3, 0.4) is 0 Å². The van der Waals surface area contributed by atoms with Gasteiger partial charge in [-0.15, -0.1) is 18.2 Å². The van der Waals surface area contributed by atoms with Crippen LogP contribution in [0.4, 0.5) is 0 Å². The minimum Gasteiger partial charge on any atom is -0.501 e. The molecule has 3 nitrogen and oxygen atoms in total. The van der Waals surface area contributed by atoms with Crippen molar-refractivity contribution in [3.63, 3.8) is 0 Å². The van der Waals surface area contributed by atoms with E-state index in [2.05, 4.69) is 85.8 Å². The van der Waals surface area contributed by atoms with Crippen molar-refractivity contribution in [1.82, 2.24) is 9.97 Å². The van der Waals surface area contributed by atoms with Crippen LogP contribution >= 0.6 is 0 Å². The summed E-state index contributed by atoms with van der Waals surface area (Å²) in [5.41, 5.74) is 10.3. The molecule has 1 radical (unpaired) electrons. The average molecular weight is 818 g/mol. The van der Waals surface area contributed by atoms with Crippen molar-refractivity contribution in [1.29, 1.82) is 0 Å². The number of hydrogen-bond donors (Lipinski definition) is 0. The first kappa shape index (κ1) is 32.3. The Morgan fingerprint density at radius 1 is 0.864 bits per heavy atom. The van der Waals surface area contributed by atoms with Crippen LogP contribution in [0.2, 0.25) is 17.3 Å². The molecule has 3 aromatic heterocycles. The average Bonchev–Trinajstić information content (AvgIpc) is 3.40. The molecule has 0 N–H and O–H groups in total. The number of pyridine rings is 2. The van der Waals surface area contributed by atoms with E-state index >= 15 is 0 Å². The smallest absolute Gasteiger partial charge is 0.120 e. The van der Waals surface area contributed by atoms with Gasteiger partial charge in [-0.05, 0) is 43.5 Å². The first-order chi connectivity index (χ1) is 20.8. The van der Waals surface area contributed by atoms with Crippen molar-refractivity contribution in [3.8, 4) is 22.5 Å². The summed E-state index contributed by atoms with van der Waals surface area (Å²) in [6.07, 6.45) is 9.96. The van der Waals surface area contributed by atoms with E-state index in [9.17, 15) is 0 Å². The number of rotatable bonds is 5. The van der Waals surface area contributed by atoms with E-state index in [1.807, 2.05) is 42.6 Å². The molecule has 0 amide bonds. The Hall–Kier alpha value is -3.05. The van der Waals surface area contributed by atoms with Crippen molar-refractivity contribution < 1.29 is 24.5 Å². The zero-order valence-corrected chi connectivity index (χ0v) is 30.8. The summed E-state index contributed by atoms with van der Waals surface area (Å²) in [6, 6.07) is 31.5. The standard InChI is InChI=1S/C21H16NO.C18H24GeN.Ir/c1-2-7-15-14(6-1)12-13-22-20(15)18-10-5-9-17-16-8-3-4-11-19(16)23-21(17)18;1-14(2)11-16-12-18(15-9-7-6-8-10-15)20-13-17(16)19(3,4)5;/h3-5,8-9,11-13H,1-2,6-7H2;6-9,12-14H,11H2,1-5H3;/q2*-1;. The SMILES string of the molecule is CC(C)Cc1cc(-c2[c-]cccc2)nc[c]1[Ge]([CH3])([CH3])[CH3].[Ir].[c-]1ccc2c(oc3ccccc32)c1-c1nccc2c1CCCC2. The van der Waals surface area contributed by atoms with Crippen molar-refractivity contribution in [2.24, 2.45) is 5.92 Å². The molecule has 0 spiro atoms. The molecule has 0 aliphatic heterocycles. The van der Waals surface area contributed by atoms with Crippen molar-refractivity contribution in [3.05, 3.63) is 114 Å². The van der Waals surface area contributed by atoms with Gasteiger partial charge in [-0.25, -0.2) is 0 Å². The van der Waals surface area contributed by atoms with E-state index in [0.717, 1.165) is 63.7 Å². The molecule has 0 bridgehead atoms. The fourth-order valence-corrected chi connectivity index (χ4v) is 9.56. The number of hydrogen-bond acceptors (Lipinski definition) is 3. The van der Waals surface area contributed by atoms with Gasteiger partial charge in [0.15, 0.2) is 0 Å². The quantitative estimate of drug-likeness (QED) is 0.129. The van der Waals surface area contributed by atoms with Gasteiger partial charge in [0.2, 0.25) is 0 Å². The molecule has 0 saturated carbocycles. The van der Waals surface area contributed by atoms with E-state index < -0.39 is 13.3 Å². The van der Waals surface area contributed by atoms with E-state index in [1.165, 1.54) is 29.5 Å². The third-order valence-corrected chi connectivity index (χ3v) is 12.6. The van der Waals surface area contributed by atoms with Crippen LogP contribution in [-0.2, 0) is 39.4 Å². The van der Waals surface area contributed by atoms with Gasteiger partial charge in [-0.3, -0.25) is 0 Å². The van der Waals surface area contributed by atoms with Crippen LogP contribution in [0.1, 0.15) is 43.4 Å². The van der Waals surface area contributed by atoms with Crippen molar-refractivity contribution >= 4 is 39.6 Å². The van der Waals surface area contributed by atoms with Crippen molar-refractivity contribution in [2.45, 2.75) is 63.2 Å². The Kier molecular flexibility index (Phi) is 10.2. The zero-order valence-electron chi connectivity index (χ0n) is 26.3. The second-order valence-corrected chi connectivity index (χ2v) is 23.6. The second kappa shape index (κ2) is 13.9. The van der Waals surface area contributed by atoms with Gasteiger partial charge in [-0.1, -0.05) is 40.3 Å². The van der Waals surface area contributed by atoms with E-state index in [-0.39, 0.29) is 20.1 Å². The zero-order chi connectivity index (χ0) is 30.0. The largest absolute Gasteiger partial charge is 0.501 e. The molecule has 0 saturated heterocycles. The Morgan fingerprint density at radius 2 is 1.66 bits per heavy atom. The van der Waals surface area contributed by atoms with Crippen LogP contribution < -0.4 is 4.40 Å². The topological polar surface area (TPSA) is 38.9 Å². The first-order valence-electron chi connectivity index (χ1n) is 15.5. The van der Waals surface area contributed by atoms with Crippen LogP contribution in [-0.4, -0.2) is 23.2 Å². The third-order valence-electron chi connectivity index (χ3n) is 8.26. The second-order valence-electron chi connectivity index (χ2n) is 13.0. The number of furan rings is 1. The van der Waals surface area contributed by atoms with Crippen LogP contribution in [0.15, 0.2) is 89.6 Å². The molecule has 0 atom stereocenters. The summed E-state index contributed by atoms with van der Waals surface area (Å²) in [7, 11) is 0. The predicted molar refractivity (Wildman–Crippen MR) is 182 cm³/mol. The van der Waals surface area contributed by atoms with Gasteiger partial charge in [0.05, 0.1) is 5.58 Å². The fourth-order valence-electron chi connectivity index (χ4n) is 6.23. The minimum absolute atomic E-state index is 0. The number of benzene rings is 3. The Morgan fingerprint density at radius 3 is 2.43 bits per heavy atom. The normalized spacial score (nSPS) is 12.9. The number of para-hydroxylation sites is 1. The van der Waals surface area contributed by atoms with Crippen LogP contribution in [0, 0.1) is 18.1 Å². The van der Waals surface area contributed by atoms with Gasteiger partial charge in [0, 0.05) is 31.7 Å². The number of fused-ring (bicyclic) bond motifs is 4. The molecule has 5 heteroatoms. The number of nitrogens with zero attached hydrogens (tertiary/aromatic N) is 2. The monoisotopic (exact) mass is 819 g/mol. The summed E-state index contributed by atoms with van der Waals surface area (Å²) < 4.78 is 7.70. The molecule has 1 aliphatic rings. The molecule has 44 heavy (non-hydrogen) atoms. The van der Waals surface area contributed by atoms with Crippen LogP contribution in [0.25, 0.3) is 44.5 Å². The Labute approximate surface area is 278 Å². The number of aromatic nitrogens is 2. The van der Waals surface area contributed by atoms with E-state index in [4.69, 9.17) is 14.4 Å². The molecule has 1 aliphatic carbocycles. The van der Waals surface area contributed by atoms with Crippen LogP contribution in [0.5, 0.6) is 0 Å². The molecule has 0 unspecified atom stereocenters. The van der Waals surface area contributed by atoms with Gasteiger partial charge >= 0.3 is 126 Å². The first-order valence-corrected chi connectivity index (χ1v) is 22.9. The number of aryl methyl sites for hydroxylation is 1. The van der Waals surface area contributed by atoms with E-state index in [1.54, 1.807) is 4.40 Å². The summed E-state index contributed by atoms with van der Waals surface area (Å²) in [6.45, 7) is 4.57. The maximum atomic E-state index is 6.16. The summed E-state index contributed by atoms with van der Waals surface area (Å²) in [4.78, 5) is 9.39. The van der Waals surface area contributed by atoms with Gasteiger partial charge in [-0.2, -0.15) is 0 Å². The Balaban J connectivity index is 0.000000173. The molecule has 7 rings (SSSR count). The molecule has 6 aromatic rings. The molecular weight excluding hydrogens is 777 g/mol. The third kappa shape index (κ3) is 6.93. The maximum absolute atomic E-state index is 6.16. The molecule has 3 heterocycles. The maximum Gasteiger partial charge on any atom is 0.120 e. The summed E-state index contributed by atoms with van der Waals surface area (Å²) in [5, 5.41) is 2.30. The molecule has 227 valence electrons. The predicted octanol–water partition coefficient (Wildman–Crippen LogP) is 9.62. The van der Waals surface area contributed by atoms with Gasteiger partial charge in [0.1, 0.15) is 5.58 Å². The van der Waals surface area contributed by atoms with Crippen molar-refractivity contribution in [2.75, 3.05) is 0 Å². The van der Waals surface area contributed by atoms with E-state index in [0.29, 0.717) is 5.92 Å².